The predicted octanol–water partition coefficient (Wildman–Crippen LogP) is 3.70. The van der Waals surface area contributed by atoms with Crippen molar-refractivity contribution in [3.8, 4) is 11.5 Å². The van der Waals surface area contributed by atoms with Crippen molar-refractivity contribution in [2.75, 3.05) is 12.4 Å². The molecule has 2 heterocycles. The number of hydrogen-bond donors (Lipinski definition) is 2. The Hall–Kier alpha value is -3.92. The summed E-state index contributed by atoms with van der Waals surface area (Å²) in [6.07, 6.45) is 6.05. The predicted molar refractivity (Wildman–Crippen MR) is 135 cm³/mol. The van der Waals surface area contributed by atoms with E-state index in [0.717, 1.165) is 29.5 Å². The van der Waals surface area contributed by atoms with Crippen LogP contribution in [-0.4, -0.2) is 55.7 Å². The second-order valence-electron chi connectivity index (χ2n) is 7.77. The Morgan fingerprint density at radius 3 is 2.66 bits per heavy atom. The fraction of sp³-hybridized carbons (Fsp3) is 0.240. The van der Waals surface area contributed by atoms with Gasteiger partial charge in [-0.1, -0.05) is 19.1 Å². The number of rotatable bonds is 8. The highest BCUT2D eigenvalue weighted by atomic mass is 32.2. The molecule has 1 amide bonds. The first-order chi connectivity index (χ1) is 17.0. The van der Waals surface area contributed by atoms with Gasteiger partial charge in [-0.2, -0.15) is 5.10 Å². The Morgan fingerprint density at radius 1 is 1.23 bits per heavy atom. The number of nitrogens with zero attached hydrogens (tertiary/aromatic N) is 4. The van der Waals surface area contributed by atoms with Gasteiger partial charge in [0.15, 0.2) is 17.8 Å². The average Bonchev–Trinajstić information content (AvgIpc) is 2.90. The van der Waals surface area contributed by atoms with E-state index in [1.165, 1.54) is 37.5 Å². The lowest BCUT2D eigenvalue weighted by atomic mass is 10.0. The van der Waals surface area contributed by atoms with E-state index in [9.17, 15) is 14.7 Å². The van der Waals surface area contributed by atoms with Gasteiger partial charge in [-0.05, 0) is 42.3 Å². The summed E-state index contributed by atoms with van der Waals surface area (Å²) in [5.74, 6) is 0.0811. The van der Waals surface area contributed by atoms with E-state index in [1.54, 1.807) is 29.3 Å². The van der Waals surface area contributed by atoms with E-state index < -0.39 is 5.37 Å². The third kappa shape index (κ3) is 5.60. The quantitative estimate of drug-likeness (QED) is 0.458. The Kier molecular flexibility index (Phi) is 7.61. The highest BCUT2D eigenvalue weighted by molar-refractivity contribution is 8.01. The molecule has 0 saturated heterocycles. The number of ether oxygens (including phenoxy) is 1. The highest BCUT2D eigenvalue weighted by Gasteiger charge is 2.31. The van der Waals surface area contributed by atoms with Crippen LogP contribution in [0.4, 0.5) is 5.69 Å². The summed E-state index contributed by atoms with van der Waals surface area (Å²) in [6.45, 7) is 2.44. The normalized spacial score (nSPS) is 17.4. The highest BCUT2D eigenvalue weighted by Crippen LogP contribution is 2.35. The summed E-state index contributed by atoms with van der Waals surface area (Å²) >= 11 is 1.53. The molecule has 0 spiro atoms. The van der Waals surface area contributed by atoms with Crippen LogP contribution in [0.1, 0.15) is 35.0 Å². The molecule has 2 atom stereocenters. The summed E-state index contributed by atoms with van der Waals surface area (Å²) in [7, 11) is 1.50. The number of thioether (sulfide) groups is 1. The van der Waals surface area contributed by atoms with Crippen molar-refractivity contribution >= 4 is 35.4 Å². The number of aldehydes is 1. The van der Waals surface area contributed by atoms with Crippen molar-refractivity contribution in [1.29, 1.82) is 0 Å². The Morgan fingerprint density at radius 2 is 2.03 bits per heavy atom. The molecule has 4 rings (SSSR count). The lowest BCUT2D eigenvalue weighted by Gasteiger charge is -2.34. The molecule has 2 N–H and O–H groups in total. The second kappa shape index (κ2) is 11.0. The van der Waals surface area contributed by atoms with Crippen LogP contribution in [-0.2, 0) is 11.3 Å². The average molecular weight is 492 g/mol. The van der Waals surface area contributed by atoms with Gasteiger partial charge in [0.05, 0.1) is 30.8 Å². The summed E-state index contributed by atoms with van der Waals surface area (Å²) in [6, 6.07) is 12.5. The van der Waals surface area contributed by atoms with Gasteiger partial charge < -0.3 is 20.0 Å². The number of phenols is 1. The van der Waals surface area contributed by atoms with Crippen LogP contribution >= 0.6 is 11.8 Å². The van der Waals surface area contributed by atoms with E-state index in [4.69, 9.17) is 9.84 Å². The number of carbonyl (C=O) groups is 2. The molecule has 2 aromatic carbocycles. The molecule has 0 radical (unpaired) electrons. The molecular weight excluding hydrogens is 466 g/mol. The third-order valence-corrected chi connectivity index (χ3v) is 6.97. The number of hydrogen-bond acceptors (Lipinski definition) is 9. The first-order valence-electron chi connectivity index (χ1n) is 11.0. The molecule has 0 aliphatic carbocycles. The fourth-order valence-corrected chi connectivity index (χ4v) is 4.83. The van der Waals surface area contributed by atoms with Gasteiger partial charge in [0.2, 0.25) is 0 Å². The SMILES string of the molecule is CCC1SC(C=O)N(Cc2ccc(NC(=O)c3cnccn3)cc2)N=C1c1ccc(OC)c(O)c1. The monoisotopic (exact) mass is 491 g/mol. The number of benzene rings is 2. The van der Waals surface area contributed by atoms with Crippen molar-refractivity contribution in [3.63, 3.8) is 0 Å². The van der Waals surface area contributed by atoms with E-state index in [1.807, 2.05) is 25.1 Å². The van der Waals surface area contributed by atoms with Crippen molar-refractivity contribution in [2.24, 2.45) is 5.10 Å². The third-order valence-electron chi connectivity index (χ3n) is 5.45. The minimum Gasteiger partial charge on any atom is -0.504 e. The maximum atomic E-state index is 12.3. The Bertz CT molecular complexity index is 1220. The number of nitrogens with one attached hydrogen (secondary N) is 1. The fourth-order valence-electron chi connectivity index (χ4n) is 3.66. The number of amides is 1. The zero-order valence-corrected chi connectivity index (χ0v) is 20.1. The van der Waals surface area contributed by atoms with E-state index in [0.29, 0.717) is 18.0 Å². The number of methoxy groups -OCH3 is 1. The van der Waals surface area contributed by atoms with Gasteiger partial charge in [0.1, 0.15) is 11.1 Å². The number of aromatic hydroxyl groups is 1. The van der Waals surface area contributed by atoms with Gasteiger partial charge in [-0.25, -0.2) is 4.98 Å². The van der Waals surface area contributed by atoms with Crippen LogP contribution in [0.15, 0.2) is 66.2 Å². The minimum atomic E-state index is -0.438. The van der Waals surface area contributed by atoms with Gasteiger partial charge in [-0.15, -0.1) is 11.8 Å². The molecule has 1 aliphatic heterocycles. The van der Waals surface area contributed by atoms with Gasteiger partial charge in [0.25, 0.3) is 5.91 Å². The van der Waals surface area contributed by atoms with Crippen LogP contribution in [0.25, 0.3) is 0 Å². The first kappa shape index (κ1) is 24.2. The van der Waals surface area contributed by atoms with Gasteiger partial charge in [0, 0.05) is 23.6 Å². The van der Waals surface area contributed by atoms with E-state index in [-0.39, 0.29) is 22.6 Å². The smallest absolute Gasteiger partial charge is 0.275 e. The molecule has 180 valence electrons. The van der Waals surface area contributed by atoms with Crippen molar-refractivity contribution in [1.82, 2.24) is 15.0 Å². The van der Waals surface area contributed by atoms with Gasteiger partial charge in [-0.3, -0.25) is 14.8 Å². The van der Waals surface area contributed by atoms with Crippen molar-refractivity contribution in [3.05, 3.63) is 77.9 Å². The maximum absolute atomic E-state index is 12.3. The lowest BCUT2D eigenvalue weighted by molar-refractivity contribution is -0.110. The van der Waals surface area contributed by atoms with Crippen LogP contribution in [0.2, 0.25) is 0 Å². The summed E-state index contributed by atoms with van der Waals surface area (Å²) in [5, 5.41) is 19.2. The van der Waals surface area contributed by atoms with Crippen LogP contribution in [0.3, 0.4) is 0 Å². The zero-order valence-electron chi connectivity index (χ0n) is 19.3. The van der Waals surface area contributed by atoms with Gasteiger partial charge >= 0.3 is 0 Å². The number of hydrazone groups is 1. The molecule has 0 saturated carbocycles. The minimum absolute atomic E-state index is 0.00733. The van der Waals surface area contributed by atoms with Crippen molar-refractivity contribution in [2.45, 2.75) is 30.5 Å². The molecule has 2 unspecified atom stereocenters. The molecule has 1 aromatic heterocycles. The van der Waals surface area contributed by atoms with E-state index >= 15 is 0 Å². The Labute approximate surface area is 207 Å². The lowest BCUT2D eigenvalue weighted by Crippen LogP contribution is -2.39. The molecule has 1 aliphatic rings. The molecule has 0 bridgehead atoms. The topological polar surface area (TPSA) is 117 Å². The van der Waals surface area contributed by atoms with E-state index in [2.05, 4.69) is 15.3 Å². The molecule has 3 aromatic rings. The largest absolute Gasteiger partial charge is 0.504 e. The first-order valence-corrected chi connectivity index (χ1v) is 12.0. The standard InChI is InChI=1S/C25H25N5O4S/c1-3-22-24(17-6-9-21(34-2)20(32)12-17)29-30(23(15-31)35-22)14-16-4-7-18(8-5-16)28-25(33)19-13-26-10-11-27-19/h4-13,15,22-23,32H,3,14H2,1-2H3,(H,28,33). The second-order valence-corrected chi connectivity index (χ2v) is 9.09. The Balaban J connectivity index is 1.53. The van der Waals surface area contributed by atoms with Crippen LogP contribution < -0.4 is 10.1 Å². The maximum Gasteiger partial charge on any atom is 0.275 e. The van der Waals surface area contributed by atoms with Crippen LogP contribution in [0.5, 0.6) is 11.5 Å². The summed E-state index contributed by atoms with van der Waals surface area (Å²) in [4.78, 5) is 32.0. The zero-order chi connectivity index (χ0) is 24.8. The van der Waals surface area contributed by atoms with Crippen LogP contribution in [0, 0.1) is 0 Å². The van der Waals surface area contributed by atoms with Crippen molar-refractivity contribution < 1.29 is 19.4 Å². The molecule has 0 fully saturated rings. The molecular formula is C25H25N5O4S. The number of anilines is 1. The number of aromatic nitrogens is 2. The summed E-state index contributed by atoms with van der Waals surface area (Å²) < 4.78 is 5.15. The number of phenolic OH excluding ortho intramolecular Hbond substituents is 1. The molecule has 10 heteroatoms. The molecule has 35 heavy (non-hydrogen) atoms. The summed E-state index contributed by atoms with van der Waals surface area (Å²) in [5.41, 5.74) is 3.34. The number of carbonyl (C=O) groups excluding carboxylic acids is 2. The molecule has 9 nitrogen and oxygen atoms in total.